The van der Waals surface area contributed by atoms with Gasteiger partial charge in [0, 0.05) is 40.6 Å². The van der Waals surface area contributed by atoms with E-state index in [9.17, 15) is 18.4 Å². The van der Waals surface area contributed by atoms with Crippen molar-refractivity contribution in [3.05, 3.63) is 82.1 Å². The first-order chi connectivity index (χ1) is 19.7. The molecule has 5 aromatic rings. The third-order valence-electron chi connectivity index (χ3n) is 7.59. The SMILES string of the molecule is CC1CCCC(n2cnc(-c3cc(Cl)cc4cnn(C)c34)cc2=O)c2cccc(c2)-c2c(cnn2C(F)F)NC1=O. The van der Waals surface area contributed by atoms with Crippen molar-refractivity contribution in [1.82, 2.24) is 29.1 Å². The van der Waals surface area contributed by atoms with Crippen LogP contribution in [0.5, 0.6) is 0 Å². The number of aromatic nitrogens is 6. The number of carbonyl (C=O) groups is 1. The molecule has 0 fully saturated rings. The number of amides is 1. The van der Waals surface area contributed by atoms with Crippen LogP contribution in [0.2, 0.25) is 5.02 Å². The summed E-state index contributed by atoms with van der Waals surface area (Å²) in [6, 6.07) is 11.6. The van der Waals surface area contributed by atoms with Gasteiger partial charge in [-0.05, 0) is 36.6 Å². The molecule has 1 aliphatic rings. The molecule has 6 rings (SSSR count). The molecule has 0 saturated heterocycles. The fourth-order valence-electron chi connectivity index (χ4n) is 5.53. The van der Waals surface area contributed by atoms with Crippen LogP contribution in [-0.4, -0.2) is 35.0 Å². The number of fused-ring (bicyclic) bond motifs is 5. The summed E-state index contributed by atoms with van der Waals surface area (Å²) in [7, 11) is 1.81. The molecule has 9 nitrogen and oxygen atoms in total. The zero-order chi connectivity index (χ0) is 28.8. The molecule has 2 unspecified atom stereocenters. The number of hydrogen-bond acceptors (Lipinski definition) is 5. The van der Waals surface area contributed by atoms with Crippen molar-refractivity contribution in [3.63, 3.8) is 0 Å². The maximum Gasteiger partial charge on any atom is 0.333 e. The van der Waals surface area contributed by atoms with E-state index in [2.05, 4.69) is 20.5 Å². The molecule has 2 aromatic carbocycles. The Kier molecular flexibility index (Phi) is 6.90. The van der Waals surface area contributed by atoms with Gasteiger partial charge in [-0.15, -0.1) is 0 Å². The van der Waals surface area contributed by atoms with Crippen LogP contribution in [0, 0.1) is 5.92 Å². The number of aryl methyl sites for hydroxylation is 1. The number of nitrogens with zero attached hydrogens (tertiary/aromatic N) is 6. The molecule has 1 aliphatic heterocycles. The number of nitrogens with one attached hydrogen (secondary N) is 1. The topological polar surface area (TPSA) is 99.6 Å². The average Bonchev–Trinajstić information content (AvgIpc) is 3.54. The van der Waals surface area contributed by atoms with Crippen molar-refractivity contribution in [1.29, 1.82) is 0 Å². The lowest BCUT2D eigenvalue weighted by Crippen LogP contribution is -2.26. The highest BCUT2D eigenvalue weighted by atomic mass is 35.5. The minimum absolute atomic E-state index is 0.101. The first-order valence-corrected chi connectivity index (χ1v) is 13.6. The predicted octanol–water partition coefficient (Wildman–Crippen LogP) is 6.06. The van der Waals surface area contributed by atoms with Gasteiger partial charge in [0.15, 0.2) is 0 Å². The Morgan fingerprint density at radius 1 is 1.07 bits per heavy atom. The number of benzene rings is 2. The van der Waals surface area contributed by atoms with Crippen LogP contribution in [0.15, 0.2) is 66.0 Å². The molecule has 1 amide bonds. The second kappa shape index (κ2) is 10.5. The van der Waals surface area contributed by atoms with Gasteiger partial charge in [-0.25, -0.2) is 9.67 Å². The lowest BCUT2D eigenvalue weighted by atomic mass is 9.94. The van der Waals surface area contributed by atoms with E-state index in [1.54, 1.807) is 52.7 Å². The number of hydrogen-bond donors (Lipinski definition) is 1. The summed E-state index contributed by atoms with van der Waals surface area (Å²) in [4.78, 5) is 31.2. The van der Waals surface area contributed by atoms with Gasteiger partial charge in [0.05, 0.1) is 47.4 Å². The average molecular weight is 578 g/mol. The Labute approximate surface area is 238 Å². The molecule has 210 valence electrons. The number of rotatable bonds is 3. The van der Waals surface area contributed by atoms with Crippen molar-refractivity contribution in [2.24, 2.45) is 13.0 Å². The van der Waals surface area contributed by atoms with Crippen LogP contribution in [-0.2, 0) is 11.8 Å². The van der Waals surface area contributed by atoms with Crippen LogP contribution in [0.4, 0.5) is 14.5 Å². The fourth-order valence-corrected chi connectivity index (χ4v) is 5.75. The van der Waals surface area contributed by atoms with E-state index in [1.165, 1.54) is 18.6 Å². The van der Waals surface area contributed by atoms with Gasteiger partial charge in [-0.1, -0.05) is 43.1 Å². The Morgan fingerprint density at radius 2 is 1.90 bits per heavy atom. The van der Waals surface area contributed by atoms with Crippen LogP contribution >= 0.6 is 11.6 Å². The molecular formula is C29H26ClF2N7O2. The summed E-state index contributed by atoms with van der Waals surface area (Å²) in [5, 5.41) is 12.2. The van der Waals surface area contributed by atoms with Crippen LogP contribution in [0.25, 0.3) is 33.4 Å². The van der Waals surface area contributed by atoms with Crippen molar-refractivity contribution in [2.75, 3.05) is 5.32 Å². The van der Waals surface area contributed by atoms with E-state index < -0.39 is 12.6 Å². The third-order valence-corrected chi connectivity index (χ3v) is 7.81. The van der Waals surface area contributed by atoms with Crippen molar-refractivity contribution in [3.8, 4) is 22.5 Å². The second-order valence-electron chi connectivity index (χ2n) is 10.3. The van der Waals surface area contributed by atoms with Gasteiger partial charge >= 0.3 is 6.55 Å². The van der Waals surface area contributed by atoms with Gasteiger partial charge in [0.1, 0.15) is 0 Å². The molecule has 41 heavy (non-hydrogen) atoms. The molecular weight excluding hydrogens is 552 g/mol. The number of halogens is 3. The van der Waals surface area contributed by atoms with E-state index in [4.69, 9.17) is 11.6 Å². The van der Waals surface area contributed by atoms with Gasteiger partial charge in [0.25, 0.3) is 5.56 Å². The van der Waals surface area contributed by atoms with Crippen molar-refractivity contribution in [2.45, 2.75) is 38.8 Å². The summed E-state index contributed by atoms with van der Waals surface area (Å²) >= 11 is 6.35. The minimum Gasteiger partial charge on any atom is -0.323 e. The monoisotopic (exact) mass is 577 g/mol. The zero-order valence-corrected chi connectivity index (χ0v) is 23.0. The highest BCUT2D eigenvalue weighted by Crippen LogP contribution is 2.36. The maximum atomic E-state index is 13.9. The van der Waals surface area contributed by atoms with E-state index in [0.29, 0.717) is 45.8 Å². The van der Waals surface area contributed by atoms with Crippen molar-refractivity contribution >= 4 is 34.1 Å². The van der Waals surface area contributed by atoms with E-state index >= 15 is 0 Å². The largest absolute Gasteiger partial charge is 0.333 e. The Bertz CT molecular complexity index is 1840. The first-order valence-electron chi connectivity index (χ1n) is 13.2. The summed E-state index contributed by atoms with van der Waals surface area (Å²) in [5.41, 5.74) is 3.18. The molecule has 1 N–H and O–H groups in total. The first kappa shape index (κ1) is 26.8. The normalized spacial score (nSPS) is 17.7. The van der Waals surface area contributed by atoms with E-state index in [0.717, 1.165) is 16.5 Å². The maximum absolute atomic E-state index is 13.9. The molecule has 4 heterocycles. The van der Waals surface area contributed by atoms with Gasteiger partial charge in [-0.3, -0.25) is 18.8 Å². The Balaban J connectivity index is 1.47. The molecule has 12 heteroatoms. The second-order valence-corrected chi connectivity index (χ2v) is 10.7. The van der Waals surface area contributed by atoms with E-state index in [-0.39, 0.29) is 28.8 Å². The number of alkyl halides is 2. The Morgan fingerprint density at radius 3 is 2.68 bits per heavy atom. The lowest BCUT2D eigenvalue weighted by molar-refractivity contribution is -0.119. The van der Waals surface area contributed by atoms with Crippen LogP contribution in [0.1, 0.15) is 44.3 Å². The Hall–Kier alpha value is -4.38. The van der Waals surface area contributed by atoms with Crippen LogP contribution < -0.4 is 10.9 Å². The molecule has 2 atom stereocenters. The quantitative estimate of drug-likeness (QED) is 0.281. The summed E-state index contributed by atoms with van der Waals surface area (Å²) in [5.74, 6) is -0.656. The standard InChI is InChI=1S/C29H26ClF2N7O2/c1-16-5-3-8-24(17-6-4-7-18(9-17)27-23(36-28(16)41)14-35-39(27)29(31)32)38-15-33-22(12-25(38)40)21-11-20(30)10-19-13-34-37(2)26(19)21/h4,6-7,9-16,24,29H,3,5,8H2,1-2H3,(H,36,41). The van der Waals surface area contributed by atoms with Crippen LogP contribution in [0.3, 0.4) is 0 Å². The summed E-state index contributed by atoms with van der Waals surface area (Å²) in [6.07, 6.45) is 6.17. The fraction of sp³-hybridized carbons (Fsp3) is 0.276. The highest BCUT2D eigenvalue weighted by Gasteiger charge is 2.25. The minimum atomic E-state index is -2.91. The summed E-state index contributed by atoms with van der Waals surface area (Å²) < 4.78 is 31.7. The molecule has 0 spiro atoms. The summed E-state index contributed by atoms with van der Waals surface area (Å²) in [6.45, 7) is -1.11. The highest BCUT2D eigenvalue weighted by molar-refractivity contribution is 6.31. The molecule has 0 aliphatic carbocycles. The van der Waals surface area contributed by atoms with Crippen molar-refractivity contribution < 1.29 is 13.6 Å². The van der Waals surface area contributed by atoms with Gasteiger partial charge < -0.3 is 5.32 Å². The number of anilines is 1. The molecule has 0 saturated carbocycles. The van der Waals surface area contributed by atoms with Gasteiger partial charge in [0.2, 0.25) is 5.91 Å². The smallest absolute Gasteiger partial charge is 0.323 e. The van der Waals surface area contributed by atoms with E-state index in [1.807, 2.05) is 13.1 Å². The molecule has 2 bridgehead atoms. The van der Waals surface area contributed by atoms with Gasteiger partial charge in [-0.2, -0.15) is 19.0 Å². The lowest BCUT2D eigenvalue weighted by Gasteiger charge is -2.23. The predicted molar refractivity (Wildman–Crippen MR) is 152 cm³/mol. The zero-order valence-electron chi connectivity index (χ0n) is 22.3. The third kappa shape index (κ3) is 4.90. The molecule has 0 radical (unpaired) electrons. The number of carbonyl (C=O) groups excluding carboxylic acids is 1. The molecule has 3 aromatic heterocycles.